The summed E-state index contributed by atoms with van der Waals surface area (Å²) >= 11 is 0. The van der Waals surface area contributed by atoms with Gasteiger partial charge in [0.2, 0.25) is 0 Å². The average molecular weight is 1170 g/mol. The Hall–Kier alpha value is -10.5. The number of benzene rings is 9. The van der Waals surface area contributed by atoms with Crippen molar-refractivity contribution in [3.05, 3.63) is 246 Å². The zero-order valence-electron chi connectivity index (χ0n) is 52.9. The average Bonchev–Trinajstić information content (AvgIpc) is 1.34. The fourth-order valence-corrected chi connectivity index (χ4v) is 14.7. The Labute approximate surface area is 524 Å². The molecule has 0 fully saturated rings. The highest BCUT2D eigenvalue weighted by atomic mass is 15.2. The lowest BCUT2D eigenvalue weighted by Crippen LogP contribution is -2.42. The topological polar surface area (TPSA) is 72.5 Å². The van der Waals surface area contributed by atoms with E-state index >= 15 is 0 Å². The van der Waals surface area contributed by atoms with Gasteiger partial charge in [0.25, 0.3) is 0 Å². The molecule has 0 N–H and O–H groups in total. The second-order valence-corrected chi connectivity index (χ2v) is 28.2. The van der Waals surface area contributed by atoms with Gasteiger partial charge in [0, 0.05) is 72.3 Å². The number of nitriles is 1. The summed E-state index contributed by atoms with van der Waals surface area (Å²) < 4.78 is 9.67. The molecule has 6 aromatic heterocycles. The van der Waals surface area contributed by atoms with Crippen LogP contribution in [0, 0.1) is 11.3 Å². The minimum Gasteiger partial charge on any atom is -0.329 e. The van der Waals surface area contributed by atoms with Crippen LogP contribution in [0.15, 0.2) is 219 Å². The van der Waals surface area contributed by atoms with E-state index in [4.69, 9.17) is 9.97 Å². The first kappa shape index (κ1) is 54.9. The van der Waals surface area contributed by atoms with Crippen molar-refractivity contribution in [1.82, 2.24) is 28.2 Å². The third kappa shape index (κ3) is 8.04. The van der Waals surface area contributed by atoms with Gasteiger partial charge in [-0.3, -0.25) is 4.57 Å². The third-order valence-electron chi connectivity index (χ3n) is 19.1. The summed E-state index contributed by atoms with van der Waals surface area (Å²) in [4.78, 5) is 13.1. The van der Waals surface area contributed by atoms with Crippen LogP contribution in [-0.2, 0) is 16.2 Å². The van der Waals surface area contributed by atoms with Gasteiger partial charge >= 0.3 is 0 Å². The monoisotopic (exact) mass is 1170 g/mol. The molecule has 0 bridgehead atoms. The Bertz CT molecular complexity index is 5550. The molecular formula is C82H70N8. The number of aromatic nitrogens is 6. The van der Waals surface area contributed by atoms with Gasteiger partial charge in [-0.1, -0.05) is 184 Å². The number of pyridine rings is 2. The maximum absolute atomic E-state index is 13.4. The molecule has 0 radical (unpaired) electrons. The van der Waals surface area contributed by atoms with E-state index in [0.717, 1.165) is 138 Å². The van der Waals surface area contributed by atoms with E-state index in [9.17, 15) is 5.26 Å². The first-order valence-corrected chi connectivity index (χ1v) is 31.5. The van der Waals surface area contributed by atoms with Gasteiger partial charge in [-0.15, -0.1) is 0 Å². The van der Waals surface area contributed by atoms with Crippen LogP contribution in [0.5, 0.6) is 0 Å². The standard InChI is InChI=1S/C82H70N8/c1-79(2,3)51-36-39-69-60(46-51)54-25-13-18-32-65(54)86(69)73-63(49-83)74(87-66-33-19-14-26-55(66)61-47-52(80(4,5)6)37-40-70(61)87)76(90-64-31-17-12-24-50(64)42-43-82(90,10)11)72(75(73)88-67-34-20-15-27-56(67)62-48-53(81(7,8)9)38-41-71(62)88)59-28-16-21-35-68(59)89-77-57(29-22-44-84-77)58-30-23-45-85-78(58)89/h12-48H,1-11H3. The Morgan fingerprint density at radius 1 is 0.378 bits per heavy atom. The van der Waals surface area contributed by atoms with Gasteiger partial charge in [0.05, 0.1) is 67.1 Å². The molecule has 15 aromatic rings. The van der Waals surface area contributed by atoms with Crippen molar-refractivity contribution in [1.29, 1.82) is 5.26 Å². The van der Waals surface area contributed by atoms with E-state index in [0.29, 0.717) is 5.56 Å². The molecule has 1 aliphatic rings. The molecule has 0 aliphatic carbocycles. The molecule has 0 spiro atoms. The van der Waals surface area contributed by atoms with Gasteiger partial charge in [-0.2, -0.15) is 5.26 Å². The van der Waals surface area contributed by atoms with Crippen molar-refractivity contribution < 1.29 is 0 Å². The number of hydrogen-bond donors (Lipinski definition) is 0. The number of fused-ring (bicyclic) bond motifs is 13. The molecule has 8 heteroatoms. The van der Waals surface area contributed by atoms with Crippen LogP contribution in [0.25, 0.3) is 127 Å². The fourth-order valence-electron chi connectivity index (χ4n) is 14.7. The van der Waals surface area contributed by atoms with Gasteiger partial charge < -0.3 is 18.6 Å². The maximum Gasteiger partial charge on any atom is 0.146 e. The minimum absolute atomic E-state index is 0.143. The highest BCUT2D eigenvalue weighted by Gasteiger charge is 2.41. The lowest BCUT2D eigenvalue weighted by molar-refractivity contribution is 0.591. The van der Waals surface area contributed by atoms with Crippen molar-refractivity contribution in [2.75, 3.05) is 4.90 Å². The lowest BCUT2D eigenvalue weighted by Gasteiger charge is -2.45. The van der Waals surface area contributed by atoms with Crippen LogP contribution >= 0.6 is 0 Å². The molecule has 16 rings (SSSR count). The number of anilines is 2. The van der Waals surface area contributed by atoms with Crippen molar-refractivity contribution in [2.45, 2.75) is 97.9 Å². The summed E-state index contributed by atoms with van der Waals surface area (Å²) in [6, 6.07) is 76.7. The van der Waals surface area contributed by atoms with Crippen molar-refractivity contribution in [3.63, 3.8) is 0 Å². The second kappa shape index (κ2) is 19.5. The largest absolute Gasteiger partial charge is 0.329 e. The van der Waals surface area contributed by atoms with Crippen LogP contribution in [0.4, 0.5) is 11.4 Å². The molecule has 0 atom stereocenters. The highest BCUT2D eigenvalue weighted by molar-refractivity contribution is 6.18. The van der Waals surface area contributed by atoms with E-state index in [2.05, 4.69) is 306 Å². The molecule has 7 heterocycles. The van der Waals surface area contributed by atoms with E-state index in [1.54, 1.807) is 0 Å². The zero-order valence-corrected chi connectivity index (χ0v) is 52.9. The van der Waals surface area contributed by atoms with Gasteiger partial charge in [-0.25, -0.2) is 9.97 Å². The van der Waals surface area contributed by atoms with Crippen LogP contribution < -0.4 is 4.90 Å². The Morgan fingerprint density at radius 3 is 1.23 bits per heavy atom. The molecule has 8 nitrogen and oxygen atoms in total. The molecule has 9 aromatic carbocycles. The summed E-state index contributed by atoms with van der Waals surface area (Å²) in [5.41, 5.74) is 18.8. The summed E-state index contributed by atoms with van der Waals surface area (Å²) in [7, 11) is 0. The van der Waals surface area contributed by atoms with Crippen LogP contribution in [0.3, 0.4) is 0 Å². The summed E-state index contributed by atoms with van der Waals surface area (Å²) in [6.07, 6.45) is 8.39. The Kier molecular flexibility index (Phi) is 11.9. The van der Waals surface area contributed by atoms with Crippen molar-refractivity contribution in [3.8, 4) is 39.9 Å². The molecule has 0 unspecified atom stereocenters. The summed E-state index contributed by atoms with van der Waals surface area (Å²) in [5.74, 6) is 0. The molecule has 0 saturated heterocycles. The third-order valence-corrected chi connectivity index (χ3v) is 19.1. The Balaban J connectivity index is 1.25. The maximum atomic E-state index is 13.4. The highest BCUT2D eigenvalue weighted by Crippen LogP contribution is 2.57. The smallest absolute Gasteiger partial charge is 0.146 e. The Morgan fingerprint density at radius 2 is 0.767 bits per heavy atom. The second-order valence-electron chi connectivity index (χ2n) is 28.2. The minimum atomic E-state index is -0.703. The van der Waals surface area contributed by atoms with Crippen molar-refractivity contribution in [2.24, 2.45) is 0 Å². The number of hydrogen-bond acceptors (Lipinski definition) is 4. The van der Waals surface area contributed by atoms with Gasteiger partial charge in [0.15, 0.2) is 0 Å². The van der Waals surface area contributed by atoms with Crippen LogP contribution in [-0.4, -0.2) is 33.8 Å². The van der Waals surface area contributed by atoms with E-state index in [1.165, 1.54) is 16.7 Å². The SMILES string of the molecule is CC(C)(C)c1ccc2c(c1)c1ccccc1n2-c1c(C#N)c(-n2c3ccccc3c3cc(C(C)(C)C)ccc32)c(-n2c3ccccc3c3cc(C(C)(C)C)ccc32)c(-c2ccccc2-n2c3ncccc3c3cccnc32)c1N1c2ccccc2C=CC1(C)C. The normalized spacial score (nSPS) is 13.7. The summed E-state index contributed by atoms with van der Waals surface area (Å²) in [5, 5.41) is 22.1. The molecular weight excluding hydrogens is 1100 g/mol. The predicted octanol–water partition coefficient (Wildman–Crippen LogP) is 21.2. The fraction of sp³-hybridized carbons (Fsp3) is 0.183. The van der Waals surface area contributed by atoms with E-state index in [-0.39, 0.29) is 16.2 Å². The molecule has 0 saturated carbocycles. The van der Waals surface area contributed by atoms with Gasteiger partial charge in [-0.05, 0) is 143 Å². The molecule has 0 amide bonds. The molecule has 438 valence electrons. The number of para-hydroxylation sites is 5. The first-order chi connectivity index (χ1) is 43.3. The number of rotatable bonds is 6. The molecule has 90 heavy (non-hydrogen) atoms. The van der Waals surface area contributed by atoms with E-state index < -0.39 is 5.54 Å². The quantitative estimate of drug-likeness (QED) is 0.166. The lowest BCUT2D eigenvalue weighted by atomic mass is 9.86. The van der Waals surface area contributed by atoms with E-state index in [1.807, 2.05) is 24.5 Å². The van der Waals surface area contributed by atoms with Crippen LogP contribution in [0.1, 0.15) is 104 Å². The van der Waals surface area contributed by atoms with Crippen molar-refractivity contribution >= 4 is 105 Å². The van der Waals surface area contributed by atoms with Crippen LogP contribution in [0.2, 0.25) is 0 Å². The zero-order chi connectivity index (χ0) is 61.9. The first-order valence-electron chi connectivity index (χ1n) is 31.5. The number of nitrogens with zero attached hydrogens (tertiary/aromatic N) is 8. The molecule has 1 aliphatic heterocycles. The summed E-state index contributed by atoms with van der Waals surface area (Å²) in [6.45, 7) is 25.2. The van der Waals surface area contributed by atoms with Gasteiger partial charge in [0.1, 0.15) is 22.9 Å². The predicted molar refractivity (Wildman–Crippen MR) is 377 cm³/mol.